The second-order valence-electron chi connectivity index (χ2n) is 8.16. The second-order valence-corrected chi connectivity index (χ2v) is 8.16. The molecule has 2 bridgehead atoms. The van der Waals surface area contributed by atoms with E-state index in [1.165, 1.54) is 0 Å². The number of phenolic OH excluding ortho intramolecular Hbond substituents is 1. The number of aliphatic hydroxyl groups is 1. The molecule has 3 heterocycles. The lowest BCUT2D eigenvalue weighted by Crippen LogP contribution is -2.65. The van der Waals surface area contributed by atoms with Crippen molar-refractivity contribution in [1.29, 1.82) is 0 Å². The van der Waals surface area contributed by atoms with Crippen molar-refractivity contribution >= 4 is 5.71 Å². The molecular formula is C22H17NO4. The summed E-state index contributed by atoms with van der Waals surface area (Å²) < 4.78 is 12.6. The van der Waals surface area contributed by atoms with E-state index in [0.29, 0.717) is 37.3 Å². The first kappa shape index (κ1) is 14.3. The third-order valence-corrected chi connectivity index (χ3v) is 7.13. The lowest BCUT2D eigenvalue weighted by atomic mass is 9.51. The van der Waals surface area contributed by atoms with Crippen LogP contribution in [0.5, 0.6) is 17.2 Å². The highest BCUT2D eigenvalue weighted by molar-refractivity contribution is 6.01. The van der Waals surface area contributed by atoms with Gasteiger partial charge >= 0.3 is 0 Å². The van der Waals surface area contributed by atoms with Crippen LogP contribution in [0.15, 0.2) is 52.9 Å². The number of benzene rings is 2. The second kappa shape index (κ2) is 4.20. The molecule has 3 unspecified atom stereocenters. The molecule has 1 spiro atoms. The highest BCUT2D eigenvalue weighted by atomic mass is 16.5. The topological polar surface area (TPSA) is 71.3 Å². The van der Waals surface area contributed by atoms with Crippen LogP contribution in [0.25, 0.3) is 0 Å². The van der Waals surface area contributed by atoms with Crippen LogP contribution < -0.4 is 9.47 Å². The van der Waals surface area contributed by atoms with E-state index in [0.717, 1.165) is 33.9 Å². The van der Waals surface area contributed by atoms with Crippen molar-refractivity contribution in [1.82, 2.24) is 0 Å². The fraction of sp³-hybridized carbons (Fsp3) is 0.318. The number of ether oxygens (including phenoxy) is 2. The van der Waals surface area contributed by atoms with Crippen LogP contribution in [-0.2, 0) is 11.8 Å². The van der Waals surface area contributed by atoms with E-state index in [-0.39, 0.29) is 11.7 Å². The summed E-state index contributed by atoms with van der Waals surface area (Å²) in [6.45, 7) is 0.643. The van der Waals surface area contributed by atoms with Gasteiger partial charge in [-0.3, -0.25) is 4.99 Å². The van der Waals surface area contributed by atoms with Crippen LogP contribution >= 0.6 is 0 Å². The number of hydrogen-bond donors (Lipinski definition) is 2. The molecule has 2 aromatic carbocycles. The van der Waals surface area contributed by atoms with E-state index < -0.39 is 11.0 Å². The van der Waals surface area contributed by atoms with Crippen molar-refractivity contribution in [2.75, 3.05) is 6.54 Å². The van der Waals surface area contributed by atoms with Gasteiger partial charge in [-0.2, -0.15) is 0 Å². The molecule has 7 rings (SSSR count). The normalized spacial score (nSPS) is 33.5. The molecule has 5 aliphatic rings. The first-order valence-electron chi connectivity index (χ1n) is 9.44. The Hall–Kier alpha value is -2.79. The molecule has 5 nitrogen and oxygen atoms in total. The predicted molar refractivity (Wildman–Crippen MR) is 97.4 cm³/mol. The summed E-state index contributed by atoms with van der Waals surface area (Å²) in [5, 5.41) is 22.6. The fourth-order valence-corrected chi connectivity index (χ4v) is 6.04. The minimum Gasteiger partial charge on any atom is -0.504 e. The molecule has 27 heavy (non-hydrogen) atoms. The van der Waals surface area contributed by atoms with E-state index in [4.69, 9.17) is 14.5 Å². The molecule has 0 amide bonds. The fourth-order valence-electron chi connectivity index (χ4n) is 6.04. The van der Waals surface area contributed by atoms with Gasteiger partial charge in [0.25, 0.3) is 0 Å². The number of allylic oxidation sites excluding steroid dienone is 1. The molecule has 134 valence electrons. The third-order valence-electron chi connectivity index (χ3n) is 7.13. The zero-order valence-corrected chi connectivity index (χ0v) is 14.5. The Morgan fingerprint density at radius 1 is 1.11 bits per heavy atom. The molecule has 2 aliphatic carbocycles. The van der Waals surface area contributed by atoms with Crippen LogP contribution in [0.4, 0.5) is 0 Å². The summed E-state index contributed by atoms with van der Waals surface area (Å²) in [5.74, 6) is 2.81. The molecule has 0 saturated heterocycles. The van der Waals surface area contributed by atoms with Crippen molar-refractivity contribution in [3.05, 3.63) is 64.6 Å². The summed E-state index contributed by atoms with van der Waals surface area (Å²) in [7, 11) is 0. The van der Waals surface area contributed by atoms with E-state index in [2.05, 4.69) is 6.07 Å². The molecule has 0 aromatic heterocycles. The molecule has 0 radical (unpaired) electrons. The number of nitrogens with zero attached hydrogens (tertiary/aromatic N) is 1. The van der Waals surface area contributed by atoms with Gasteiger partial charge in [-0.05, 0) is 30.5 Å². The monoisotopic (exact) mass is 359 g/mol. The highest BCUT2D eigenvalue weighted by Gasteiger charge is 2.70. The zero-order valence-electron chi connectivity index (χ0n) is 14.5. The van der Waals surface area contributed by atoms with Gasteiger partial charge in [0.05, 0.1) is 11.3 Å². The van der Waals surface area contributed by atoms with Gasteiger partial charge < -0.3 is 19.7 Å². The van der Waals surface area contributed by atoms with Gasteiger partial charge in [-0.25, -0.2) is 0 Å². The Labute approximate surface area is 155 Å². The van der Waals surface area contributed by atoms with Gasteiger partial charge in [0.15, 0.2) is 23.0 Å². The predicted octanol–water partition coefficient (Wildman–Crippen LogP) is 2.95. The number of para-hydroxylation sites is 1. The Morgan fingerprint density at radius 3 is 2.93 bits per heavy atom. The van der Waals surface area contributed by atoms with Crippen LogP contribution in [0.1, 0.15) is 35.4 Å². The quantitative estimate of drug-likeness (QED) is 0.759. The smallest absolute Gasteiger partial charge is 0.173 e. The van der Waals surface area contributed by atoms with Crippen LogP contribution in [0, 0.1) is 0 Å². The minimum atomic E-state index is -1.11. The van der Waals surface area contributed by atoms with Crippen molar-refractivity contribution in [3.8, 4) is 17.2 Å². The summed E-state index contributed by atoms with van der Waals surface area (Å²) in [4.78, 5) is 4.73. The zero-order chi connectivity index (χ0) is 18.0. The van der Waals surface area contributed by atoms with Gasteiger partial charge in [-0.15, -0.1) is 0 Å². The van der Waals surface area contributed by atoms with Crippen LogP contribution in [0.2, 0.25) is 0 Å². The SMILES string of the molecule is Oc1ccc2c3c1OC1=C4Oc5ccccc5C4CC4(O)C(=NCCC134)C2. The van der Waals surface area contributed by atoms with Crippen molar-refractivity contribution < 1.29 is 19.7 Å². The molecule has 2 N–H and O–H groups in total. The van der Waals surface area contributed by atoms with E-state index in [9.17, 15) is 10.2 Å². The molecule has 0 fully saturated rings. The first-order chi connectivity index (χ1) is 13.1. The van der Waals surface area contributed by atoms with E-state index >= 15 is 0 Å². The van der Waals surface area contributed by atoms with Crippen LogP contribution in [-0.4, -0.2) is 28.1 Å². The van der Waals surface area contributed by atoms with E-state index in [1.807, 2.05) is 24.3 Å². The van der Waals surface area contributed by atoms with Crippen molar-refractivity contribution in [3.63, 3.8) is 0 Å². The van der Waals surface area contributed by atoms with Gasteiger partial charge in [0.1, 0.15) is 11.4 Å². The van der Waals surface area contributed by atoms with Crippen molar-refractivity contribution in [2.24, 2.45) is 4.99 Å². The summed E-state index contributed by atoms with van der Waals surface area (Å²) in [6.07, 6.45) is 1.78. The molecule has 5 heteroatoms. The standard InChI is InChI=1S/C22H17NO4/c24-14-6-5-11-9-16-22(25)10-13-12-3-1-2-4-15(12)26-18(13)20-21(22,7-8-23-16)17(11)19(14)27-20/h1-6,13,24-25H,7-10H2. The van der Waals surface area contributed by atoms with Crippen LogP contribution in [0.3, 0.4) is 0 Å². The minimum absolute atomic E-state index is 0.0596. The van der Waals surface area contributed by atoms with E-state index in [1.54, 1.807) is 6.07 Å². The molecule has 0 saturated carbocycles. The largest absolute Gasteiger partial charge is 0.504 e. The number of rotatable bonds is 0. The van der Waals surface area contributed by atoms with Gasteiger partial charge in [-0.1, -0.05) is 24.3 Å². The van der Waals surface area contributed by atoms with Gasteiger partial charge in [0.2, 0.25) is 0 Å². The number of phenols is 1. The molecule has 2 aromatic rings. The molecule has 3 aliphatic heterocycles. The Bertz CT molecular complexity index is 1130. The maximum Gasteiger partial charge on any atom is 0.173 e. The number of fused-ring (bicyclic) bond motifs is 3. The maximum absolute atomic E-state index is 12.1. The summed E-state index contributed by atoms with van der Waals surface area (Å²) in [5.41, 5.74) is 2.11. The first-order valence-corrected chi connectivity index (χ1v) is 9.44. The Morgan fingerprint density at radius 2 is 2.00 bits per heavy atom. The summed E-state index contributed by atoms with van der Waals surface area (Å²) in [6, 6.07) is 11.6. The average Bonchev–Trinajstić information content (AvgIpc) is 3.18. The Kier molecular flexibility index (Phi) is 2.22. The maximum atomic E-state index is 12.1. The number of hydrogen-bond acceptors (Lipinski definition) is 5. The lowest BCUT2D eigenvalue weighted by Gasteiger charge is -2.54. The average molecular weight is 359 g/mol. The number of aromatic hydroxyl groups is 1. The van der Waals surface area contributed by atoms with Gasteiger partial charge in [0, 0.05) is 29.8 Å². The molecule has 3 atom stereocenters. The molecular weight excluding hydrogens is 342 g/mol. The number of aliphatic imine (C=N–C) groups is 1. The highest BCUT2D eigenvalue weighted by Crippen LogP contribution is 2.68. The third kappa shape index (κ3) is 1.34. The lowest BCUT2D eigenvalue weighted by molar-refractivity contribution is -0.00704. The Balaban J connectivity index is 1.61. The van der Waals surface area contributed by atoms with Crippen molar-refractivity contribution in [2.45, 2.75) is 36.2 Å². The summed E-state index contributed by atoms with van der Waals surface area (Å²) >= 11 is 0.